The van der Waals surface area contributed by atoms with Crippen LogP contribution in [-0.4, -0.2) is 21.1 Å². The molecule has 1 saturated carbocycles. The topological polar surface area (TPSA) is 39.4 Å². The molecule has 2 aromatic rings. The van der Waals surface area contributed by atoms with Gasteiger partial charge in [-0.2, -0.15) is 5.10 Å². The predicted molar refractivity (Wildman–Crippen MR) is 78.9 cm³/mol. The van der Waals surface area contributed by atoms with Gasteiger partial charge in [0.05, 0.1) is 16.9 Å². The summed E-state index contributed by atoms with van der Waals surface area (Å²) >= 11 is 0. The molecule has 4 rings (SSSR count). The third-order valence-corrected chi connectivity index (χ3v) is 4.72. The Hall–Kier alpha value is -1.84. The van der Waals surface area contributed by atoms with Crippen molar-refractivity contribution in [3.63, 3.8) is 0 Å². The molecule has 4 nitrogen and oxygen atoms in total. The number of hydrogen-bond donors (Lipinski definition) is 0. The Labute approximate surface area is 118 Å². The van der Waals surface area contributed by atoms with Crippen molar-refractivity contribution in [3.8, 4) is 0 Å². The monoisotopic (exact) mass is 269 g/mol. The molecule has 0 atom stereocenters. The normalized spacial score (nSPS) is 20.6. The molecule has 0 bridgehead atoms. The fraction of sp³-hybridized carbons (Fsp3) is 0.500. The molecule has 0 radical (unpaired) electrons. The van der Waals surface area contributed by atoms with Gasteiger partial charge >= 0.3 is 0 Å². The number of rotatable bonds is 1. The molecule has 1 aromatic carbocycles. The standard InChI is InChI=1S/C16H19N3O/c1-11-13-6-5-12(9-15(13)19(2)17-11)14-10-16(20-18-14)7-3-4-8-16/h5-6,9H,3-4,7-8,10H2,1-2H3. The summed E-state index contributed by atoms with van der Waals surface area (Å²) in [5, 5.41) is 10.1. The van der Waals surface area contributed by atoms with Crippen LogP contribution in [0.15, 0.2) is 23.4 Å². The number of nitrogens with zero attached hydrogens (tertiary/aromatic N) is 3. The van der Waals surface area contributed by atoms with Crippen molar-refractivity contribution in [2.24, 2.45) is 12.2 Å². The summed E-state index contributed by atoms with van der Waals surface area (Å²) in [4.78, 5) is 5.78. The van der Waals surface area contributed by atoms with Gasteiger partial charge < -0.3 is 4.84 Å². The average Bonchev–Trinajstić information content (AvgIpc) is 3.14. The van der Waals surface area contributed by atoms with Gasteiger partial charge in [0.15, 0.2) is 0 Å². The summed E-state index contributed by atoms with van der Waals surface area (Å²) in [6.45, 7) is 2.05. The predicted octanol–water partition coefficient (Wildman–Crippen LogP) is 3.32. The van der Waals surface area contributed by atoms with Crippen molar-refractivity contribution in [2.45, 2.75) is 44.6 Å². The molecule has 104 valence electrons. The molecule has 4 heteroatoms. The minimum Gasteiger partial charge on any atom is -0.389 e. The molecule has 0 saturated heterocycles. The number of hydrogen-bond acceptors (Lipinski definition) is 3. The third-order valence-electron chi connectivity index (χ3n) is 4.72. The van der Waals surface area contributed by atoms with Crippen LogP contribution in [0.5, 0.6) is 0 Å². The van der Waals surface area contributed by atoms with Crippen molar-refractivity contribution < 1.29 is 4.84 Å². The zero-order valence-electron chi connectivity index (χ0n) is 12.0. The van der Waals surface area contributed by atoms with E-state index in [4.69, 9.17) is 4.84 Å². The highest BCUT2D eigenvalue weighted by molar-refractivity contribution is 6.04. The maximum atomic E-state index is 5.78. The number of aromatic nitrogens is 2. The van der Waals surface area contributed by atoms with E-state index in [-0.39, 0.29) is 5.60 Å². The Morgan fingerprint density at radius 1 is 1.25 bits per heavy atom. The average molecular weight is 269 g/mol. The number of aryl methyl sites for hydroxylation is 2. The van der Waals surface area contributed by atoms with Gasteiger partial charge in [-0.3, -0.25) is 4.68 Å². The third kappa shape index (κ3) is 1.67. The molecular formula is C16H19N3O. The molecular weight excluding hydrogens is 250 g/mol. The highest BCUT2D eigenvalue weighted by Gasteiger charge is 2.41. The van der Waals surface area contributed by atoms with Crippen molar-refractivity contribution in [1.82, 2.24) is 9.78 Å². The Balaban J connectivity index is 1.71. The Kier molecular flexibility index (Phi) is 2.43. The largest absolute Gasteiger partial charge is 0.389 e. The molecule has 1 aliphatic carbocycles. The second kappa shape index (κ2) is 4.08. The van der Waals surface area contributed by atoms with Crippen LogP contribution in [0, 0.1) is 6.92 Å². The first-order chi connectivity index (χ1) is 9.67. The Morgan fingerprint density at radius 2 is 2.05 bits per heavy atom. The van der Waals surface area contributed by atoms with Gasteiger partial charge in [-0.15, -0.1) is 0 Å². The van der Waals surface area contributed by atoms with E-state index in [2.05, 4.69) is 28.5 Å². The van der Waals surface area contributed by atoms with Crippen LogP contribution in [-0.2, 0) is 11.9 Å². The molecule has 1 spiro atoms. The Bertz CT molecular complexity index is 708. The van der Waals surface area contributed by atoms with Crippen molar-refractivity contribution >= 4 is 16.6 Å². The van der Waals surface area contributed by atoms with Gasteiger partial charge in [0.1, 0.15) is 5.60 Å². The number of benzene rings is 1. The second-order valence-corrected chi connectivity index (χ2v) is 6.14. The molecule has 1 aliphatic heterocycles. The SMILES string of the molecule is Cc1nn(C)c2cc(C3=NOC4(CCCC4)C3)ccc12. The van der Waals surface area contributed by atoms with Crippen molar-refractivity contribution in [3.05, 3.63) is 29.5 Å². The van der Waals surface area contributed by atoms with Gasteiger partial charge in [-0.05, 0) is 38.7 Å². The second-order valence-electron chi connectivity index (χ2n) is 6.14. The van der Waals surface area contributed by atoms with Crippen molar-refractivity contribution in [1.29, 1.82) is 0 Å². The maximum Gasteiger partial charge on any atom is 0.143 e. The number of oxime groups is 1. The van der Waals surface area contributed by atoms with Crippen LogP contribution in [0.3, 0.4) is 0 Å². The van der Waals surface area contributed by atoms with E-state index in [1.807, 2.05) is 18.7 Å². The fourth-order valence-electron chi connectivity index (χ4n) is 3.58. The first kappa shape index (κ1) is 11.9. The van der Waals surface area contributed by atoms with Crippen LogP contribution in [0.25, 0.3) is 10.9 Å². The van der Waals surface area contributed by atoms with Crippen LogP contribution < -0.4 is 0 Å². The van der Waals surface area contributed by atoms with Crippen LogP contribution in [0.4, 0.5) is 0 Å². The van der Waals surface area contributed by atoms with Crippen molar-refractivity contribution in [2.75, 3.05) is 0 Å². The lowest BCUT2D eigenvalue weighted by atomic mass is 9.92. The summed E-state index contributed by atoms with van der Waals surface area (Å²) in [6, 6.07) is 6.48. The molecule has 2 aliphatic rings. The van der Waals surface area contributed by atoms with E-state index < -0.39 is 0 Å². The van der Waals surface area contributed by atoms with Gasteiger partial charge in [0.2, 0.25) is 0 Å². The molecule has 20 heavy (non-hydrogen) atoms. The summed E-state index contributed by atoms with van der Waals surface area (Å²) < 4.78 is 1.94. The van der Waals surface area contributed by atoms with Gasteiger partial charge in [0.25, 0.3) is 0 Å². The maximum absolute atomic E-state index is 5.78. The van der Waals surface area contributed by atoms with E-state index in [0.29, 0.717) is 0 Å². The lowest BCUT2D eigenvalue weighted by Crippen LogP contribution is -2.24. The summed E-state index contributed by atoms with van der Waals surface area (Å²) in [5.41, 5.74) is 4.50. The minimum absolute atomic E-state index is 0.00661. The smallest absolute Gasteiger partial charge is 0.143 e. The molecule has 0 N–H and O–H groups in total. The highest BCUT2D eigenvalue weighted by Crippen LogP contribution is 2.41. The van der Waals surface area contributed by atoms with E-state index in [1.165, 1.54) is 23.8 Å². The molecule has 0 amide bonds. The lowest BCUT2D eigenvalue weighted by molar-refractivity contribution is -0.0126. The summed E-state index contributed by atoms with van der Waals surface area (Å²) in [5.74, 6) is 0. The number of fused-ring (bicyclic) bond motifs is 1. The van der Waals surface area contributed by atoms with Crippen LogP contribution in [0.2, 0.25) is 0 Å². The van der Waals surface area contributed by atoms with Gasteiger partial charge in [-0.25, -0.2) is 0 Å². The first-order valence-corrected chi connectivity index (χ1v) is 7.36. The van der Waals surface area contributed by atoms with Crippen LogP contribution >= 0.6 is 0 Å². The highest BCUT2D eigenvalue weighted by atomic mass is 16.7. The lowest BCUT2D eigenvalue weighted by Gasteiger charge is -2.19. The van der Waals surface area contributed by atoms with E-state index in [9.17, 15) is 0 Å². The quantitative estimate of drug-likeness (QED) is 0.796. The fourth-order valence-corrected chi connectivity index (χ4v) is 3.58. The summed E-state index contributed by atoms with van der Waals surface area (Å²) in [7, 11) is 1.99. The van der Waals surface area contributed by atoms with Gasteiger partial charge in [-0.1, -0.05) is 17.3 Å². The van der Waals surface area contributed by atoms with E-state index in [1.54, 1.807) is 0 Å². The minimum atomic E-state index is 0.00661. The zero-order valence-corrected chi connectivity index (χ0v) is 12.0. The van der Waals surface area contributed by atoms with Gasteiger partial charge in [0, 0.05) is 24.4 Å². The summed E-state index contributed by atoms with van der Waals surface area (Å²) in [6.07, 6.45) is 5.78. The Morgan fingerprint density at radius 3 is 2.85 bits per heavy atom. The van der Waals surface area contributed by atoms with E-state index >= 15 is 0 Å². The van der Waals surface area contributed by atoms with E-state index in [0.717, 1.165) is 36.2 Å². The molecule has 2 heterocycles. The first-order valence-electron chi connectivity index (χ1n) is 7.36. The molecule has 1 aromatic heterocycles. The molecule has 1 fully saturated rings. The molecule has 0 unspecified atom stereocenters. The van der Waals surface area contributed by atoms with Crippen LogP contribution in [0.1, 0.15) is 43.4 Å². The zero-order chi connectivity index (χ0) is 13.7.